The van der Waals surface area contributed by atoms with Gasteiger partial charge in [-0.15, -0.1) is 11.6 Å². The van der Waals surface area contributed by atoms with Gasteiger partial charge in [-0.25, -0.2) is 9.69 Å². The van der Waals surface area contributed by atoms with Gasteiger partial charge in [0.05, 0.1) is 18.3 Å². The van der Waals surface area contributed by atoms with E-state index in [0.29, 0.717) is 24.3 Å². The van der Waals surface area contributed by atoms with Gasteiger partial charge in [0.1, 0.15) is 12.6 Å². The Kier molecular flexibility index (Phi) is 8.28. The average Bonchev–Trinajstić information content (AvgIpc) is 3.15. The van der Waals surface area contributed by atoms with Crippen LogP contribution in [0.4, 0.5) is 4.79 Å². The van der Waals surface area contributed by atoms with Crippen LogP contribution in [0.25, 0.3) is 0 Å². The summed E-state index contributed by atoms with van der Waals surface area (Å²) in [6.45, 7) is 0.0277. The van der Waals surface area contributed by atoms with Crippen molar-refractivity contribution in [3.05, 3.63) is 71.8 Å². The Bertz CT molecular complexity index is 1020. The molecule has 0 unspecified atom stereocenters. The molecule has 3 atom stereocenters. The molecule has 3 rings (SSSR count). The first-order chi connectivity index (χ1) is 15.3. The predicted molar refractivity (Wildman–Crippen MR) is 121 cm³/mol. The minimum atomic E-state index is -3.87. The van der Waals surface area contributed by atoms with Crippen molar-refractivity contribution in [2.24, 2.45) is 0 Å². The Morgan fingerprint density at radius 3 is 2.34 bits per heavy atom. The van der Waals surface area contributed by atoms with Crippen molar-refractivity contribution in [3.63, 3.8) is 0 Å². The molecule has 0 N–H and O–H groups in total. The van der Waals surface area contributed by atoms with Crippen LogP contribution in [0.1, 0.15) is 42.3 Å². The van der Waals surface area contributed by atoms with Crippen LogP contribution in [0.2, 0.25) is 0 Å². The molecule has 1 saturated heterocycles. The Labute approximate surface area is 193 Å². The van der Waals surface area contributed by atoms with Gasteiger partial charge in [-0.1, -0.05) is 60.7 Å². The minimum absolute atomic E-state index is 0.0277. The van der Waals surface area contributed by atoms with Crippen molar-refractivity contribution in [2.45, 2.75) is 37.3 Å². The molecule has 0 aliphatic carbocycles. The normalized spacial score (nSPS) is 18.2. The highest BCUT2D eigenvalue weighted by atomic mass is 35.5. The number of alkyl halides is 1. The van der Waals surface area contributed by atoms with E-state index in [-0.39, 0.29) is 13.0 Å². The number of benzene rings is 2. The van der Waals surface area contributed by atoms with E-state index < -0.39 is 40.2 Å². The summed E-state index contributed by atoms with van der Waals surface area (Å²) in [5.74, 6) is -1.17. The lowest BCUT2D eigenvalue weighted by atomic mass is 9.88. The maximum Gasteiger partial charge on any atom is 0.417 e. The number of carbonyl (C=O) groups is 2. The first-order valence-electron chi connectivity index (χ1n) is 10.4. The Balaban J connectivity index is 2.01. The summed E-state index contributed by atoms with van der Waals surface area (Å²) in [5.41, 5.74) is 1.31. The lowest BCUT2D eigenvalue weighted by Crippen LogP contribution is -2.42. The van der Waals surface area contributed by atoms with Crippen LogP contribution in [0.3, 0.4) is 0 Å². The van der Waals surface area contributed by atoms with Crippen molar-refractivity contribution < 1.29 is 26.9 Å². The van der Waals surface area contributed by atoms with E-state index in [0.717, 1.165) is 16.7 Å². The fraction of sp³-hybridized carbons (Fsp3) is 0.391. The zero-order chi connectivity index (χ0) is 23.1. The van der Waals surface area contributed by atoms with E-state index in [1.165, 1.54) is 0 Å². The van der Waals surface area contributed by atoms with Gasteiger partial charge in [-0.05, 0) is 30.4 Å². The van der Waals surface area contributed by atoms with E-state index in [2.05, 4.69) is 0 Å². The van der Waals surface area contributed by atoms with Crippen molar-refractivity contribution >= 4 is 33.7 Å². The number of cyclic esters (lactones) is 1. The zero-order valence-corrected chi connectivity index (χ0v) is 19.3. The van der Waals surface area contributed by atoms with Crippen LogP contribution in [-0.2, 0) is 23.8 Å². The Morgan fingerprint density at radius 2 is 1.75 bits per heavy atom. The number of imide groups is 1. The lowest BCUT2D eigenvalue weighted by Gasteiger charge is -2.30. The maximum absolute atomic E-state index is 13.8. The molecular formula is C23H26ClNO6S. The zero-order valence-electron chi connectivity index (χ0n) is 17.7. The fourth-order valence-corrected chi connectivity index (χ4v) is 4.69. The molecule has 2 amide bonds. The van der Waals surface area contributed by atoms with Gasteiger partial charge in [0, 0.05) is 5.88 Å². The van der Waals surface area contributed by atoms with Gasteiger partial charge in [0.2, 0.25) is 5.91 Å². The van der Waals surface area contributed by atoms with Crippen LogP contribution >= 0.6 is 11.6 Å². The summed E-state index contributed by atoms with van der Waals surface area (Å²) in [6.07, 6.45) is 0.678. The van der Waals surface area contributed by atoms with Gasteiger partial charge < -0.3 is 4.74 Å². The van der Waals surface area contributed by atoms with Gasteiger partial charge >= 0.3 is 6.09 Å². The summed E-state index contributed by atoms with van der Waals surface area (Å²) in [5, 5.41) is 0. The van der Waals surface area contributed by atoms with E-state index in [1.807, 2.05) is 30.3 Å². The van der Waals surface area contributed by atoms with Crippen molar-refractivity contribution in [1.29, 1.82) is 0 Å². The monoisotopic (exact) mass is 479 g/mol. The Morgan fingerprint density at radius 1 is 1.12 bits per heavy atom. The number of halogens is 1. The van der Waals surface area contributed by atoms with Crippen LogP contribution in [0.5, 0.6) is 0 Å². The van der Waals surface area contributed by atoms with Crippen LogP contribution < -0.4 is 0 Å². The third-order valence-corrected chi connectivity index (χ3v) is 6.13. The molecule has 1 aliphatic heterocycles. The molecule has 9 heteroatoms. The summed E-state index contributed by atoms with van der Waals surface area (Å²) in [7, 11) is -3.87. The van der Waals surface area contributed by atoms with E-state index >= 15 is 0 Å². The van der Waals surface area contributed by atoms with Crippen LogP contribution in [0.15, 0.2) is 60.7 Å². The number of amides is 2. The van der Waals surface area contributed by atoms with E-state index in [4.69, 9.17) is 20.5 Å². The number of rotatable bonds is 10. The van der Waals surface area contributed by atoms with Crippen molar-refractivity contribution in [2.75, 3.05) is 18.7 Å². The quantitative estimate of drug-likeness (QED) is 0.287. The smallest absolute Gasteiger partial charge is 0.417 e. The highest BCUT2D eigenvalue weighted by Gasteiger charge is 2.45. The van der Waals surface area contributed by atoms with Crippen LogP contribution in [0, 0.1) is 0 Å². The summed E-state index contributed by atoms with van der Waals surface area (Å²) >= 11 is 5.79. The van der Waals surface area contributed by atoms with Gasteiger partial charge in [-0.3, -0.25) is 8.98 Å². The molecule has 7 nitrogen and oxygen atoms in total. The van der Waals surface area contributed by atoms with Gasteiger partial charge in [-0.2, -0.15) is 8.42 Å². The standard InChI is InChI=1S/C23H26ClNO6S/c1-32(28,29)31-20(14-8-9-15-24)21(18-12-6-3-7-13-18)22(26)25-19(16-30-23(25)27)17-10-4-2-5-11-17/h2-7,10-13,19-21H,8-9,14-16H2,1H3/t19-,20-,21+/m0/s1. The van der Waals surface area contributed by atoms with Gasteiger partial charge in [0.25, 0.3) is 10.1 Å². The Hall–Kier alpha value is -2.42. The molecule has 1 heterocycles. The molecule has 2 aromatic rings. The highest BCUT2D eigenvalue weighted by molar-refractivity contribution is 7.86. The third-order valence-electron chi connectivity index (χ3n) is 5.26. The fourth-order valence-electron chi connectivity index (χ4n) is 3.85. The number of unbranched alkanes of at least 4 members (excludes halogenated alkanes) is 1. The number of nitrogens with zero attached hydrogens (tertiary/aromatic N) is 1. The number of hydrogen-bond donors (Lipinski definition) is 0. The summed E-state index contributed by atoms with van der Waals surface area (Å²) < 4.78 is 34.7. The van der Waals surface area contributed by atoms with E-state index in [1.54, 1.807) is 30.3 Å². The molecule has 0 radical (unpaired) electrons. The second-order valence-electron chi connectivity index (χ2n) is 7.62. The molecule has 32 heavy (non-hydrogen) atoms. The molecule has 172 valence electrons. The molecule has 2 aromatic carbocycles. The summed E-state index contributed by atoms with van der Waals surface area (Å²) in [6, 6.07) is 17.2. The molecule has 1 aliphatic rings. The third kappa shape index (κ3) is 6.09. The second kappa shape index (κ2) is 10.9. The van der Waals surface area contributed by atoms with Crippen LogP contribution in [-0.4, -0.2) is 50.2 Å². The predicted octanol–water partition coefficient (Wildman–Crippen LogP) is 4.24. The second-order valence-corrected chi connectivity index (χ2v) is 9.60. The molecule has 1 fully saturated rings. The molecule has 0 bridgehead atoms. The minimum Gasteiger partial charge on any atom is -0.446 e. The summed E-state index contributed by atoms with van der Waals surface area (Å²) in [4.78, 5) is 27.5. The van der Waals surface area contributed by atoms with Crippen molar-refractivity contribution in [1.82, 2.24) is 4.90 Å². The largest absolute Gasteiger partial charge is 0.446 e. The molecular weight excluding hydrogens is 454 g/mol. The number of hydrogen-bond acceptors (Lipinski definition) is 6. The first kappa shape index (κ1) is 24.2. The lowest BCUT2D eigenvalue weighted by molar-refractivity contribution is -0.133. The maximum atomic E-state index is 13.8. The first-order valence-corrected chi connectivity index (χ1v) is 12.7. The average molecular weight is 480 g/mol. The molecule has 0 saturated carbocycles. The SMILES string of the molecule is CS(=O)(=O)O[C@@H](CCCCCl)[C@H](C(=O)N1C(=O)OC[C@H]1c1ccccc1)c1ccccc1. The van der Waals surface area contributed by atoms with Crippen molar-refractivity contribution in [3.8, 4) is 0 Å². The topological polar surface area (TPSA) is 90.0 Å². The molecule has 0 spiro atoms. The number of carbonyl (C=O) groups excluding carboxylic acids is 2. The van der Waals surface area contributed by atoms with Gasteiger partial charge in [0.15, 0.2) is 0 Å². The molecule has 0 aromatic heterocycles. The highest BCUT2D eigenvalue weighted by Crippen LogP contribution is 2.35. The van der Waals surface area contributed by atoms with E-state index in [9.17, 15) is 18.0 Å². The number of ether oxygens (including phenoxy) is 1.